The zero-order chi connectivity index (χ0) is 7.98. The van der Waals surface area contributed by atoms with Crippen LogP contribution in [0, 0.1) is 5.92 Å². The predicted molar refractivity (Wildman–Crippen MR) is 43.9 cm³/mol. The van der Waals surface area contributed by atoms with Gasteiger partial charge in [0.25, 0.3) is 0 Å². The third-order valence-corrected chi connectivity index (χ3v) is 1.46. The van der Waals surface area contributed by atoms with Gasteiger partial charge in [-0.1, -0.05) is 26.8 Å². The fraction of sp³-hybridized carbons (Fsp3) is 0.667. The number of carbonyl (C=O) groups excluding carboxylic acids is 1. The van der Waals surface area contributed by atoms with Gasteiger partial charge < -0.3 is 0 Å². The molecule has 1 aliphatic carbocycles. The Kier molecular flexibility index (Phi) is 4.91. The second-order valence-electron chi connectivity index (χ2n) is 2.34. The standard InChI is InChI=1S/C7H10O.C2H6/c1-6-2-4-7(8)5-3-6;1-2/h2,4,6H,3,5H2,1H3;1-2H3. The molecular weight excluding hydrogens is 124 g/mol. The van der Waals surface area contributed by atoms with Crippen LogP contribution in [0.25, 0.3) is 0 Å². The summed E-state index contributed by atoms with van der Waals surface area (Å²) in [5, 5.41) is 0. The van der Waals surface area contributed by atoms with Gasteiger partial charge >= 0.3 is 0 Å². The Balaban J connectivity index is 0.000000371. The van der Waals surface area contributed by atoms with Crippen molar-refractivity contribution in [2.45, 2.75) is 33.6 Å². The van der Waals surface area contributed by atoms with Crippen molar-refractivity contribution in [2.24, 2.45) is 5.92 Å². The van der Waals surface area contributed by atoms with E-state index in [1.807, 2.05) is 19.9 Å². The third-order valence-electron chi connectivity index (χ3n) is 1.46. The normalized spacial score (nSPS) is 23.5. The Hall–Kier alpha value is -0.590. The molecule has 1 unspecified atom stereocenters. The Morgan fingerprint density at radius 1 is 1.50 bits per heavy atom. The molecule has 0 bridgehead atoms. The van der Waals surface area contributed by atoms with Gasteiger partial charge in [0.15, 0.2) is 5.78 Å². The second-order valence-corrected chi connectivity index (χ2v) is 2.34. The summed E-state index contributed by atoms with van der Waals surface area (Å²) in [6.45, 7) is 6.13. The lowest BCUT2D eigenvalue weighted by Crippen LogP contribution is -2.03. The minimum Gasteiger partial charge on any atom is -0.295 e. The summed E-state index contributed by atoms with van der Waals surface area (Å²) in [5.74, 6) is 0.899. The van der Waals surface area contributed by atoms with E-state index in [9.17, 15) is 4.79 Å². The SMILES string of the molecule is CC.CC1C=CC(=O)CC1. The maximum atomic E-state index is 10.5. The summed E-state index contributed by atoms with van der Waals surface area (Å²) in [6, 6.07) is 0. The number of hydrogen-bond acceptors (Lipinski definition) is 1. The highest BCUT2D eigenvalue weighted by Crippen LogP contribution is 2.12. The zero-order valence-electron chi connectivity index (χ0n) is 7.05. The minimum atomic E-state index is 0.281. The lowest BCUT2D eigenvalue weighted by Gasteiger charge is -2.07. The lowest BCUT2D eigenvalue weighted by molar-refractivity contribution is -0.115. The minimum absolute atomic E-state index is 0.281. The van der Waals surface area contributed by atoms with Crippen molar-refractivity contribution < 1.29 is 4.79 Å². The van der Waals surface area contributed by atoms with Crippen LogP contribution in [0.2, 0.25) is 0 Å². The highest BCUT2D eigenvalue weighted by Gasteiger charge is 2.06. The molecule has 0 aromatic rings. The molecule has 0 aromatic heterocycles. The van der Waals surface area contributed by atoms with Crippen molar-refractivity contribution in [3.8, 4) is 0 Å². The van der Waals surface area contributed by atoms with E-state index in [1.54, 1.807) is 6.08 Å². The number of rotatable bonds is 0. The largest absolute Gasteiger partial charge is 0.295 e. The van der Waals surface area contributed by atoms with Crippen LogP contribution in [-0.4, -0.2) is 5.78 Å². The molecule has 1 nitrogen and oxygen atoms in total. The van der Waals surface area contributed by atoms with E-state index >= 15 is 0 Å². The second kappa shape index (κ2) is 5.21. The van der Waals surface area contributed by atoms with E-state index < -0.39 is 0 Å². The van der Waals surface area contributed by atoms with Crippen LogP contribution in [0.4, 0.5) is 0 Å². The summed E-state index contributed by atoms with van der Waals surface area (Å²) in [7, 11) is 0. The maximum Gasteiger partial charge on any atom is 0.155 e. The maximum absolute atomic E-state index is 10.5. The van der Waals surface area contributed by atoms with Gasteiger partial charge in [-0.15, -0.1) is 0 Å². The van der Waals surface area contributed by atoms with Crippen LogP contribution in [0.3, 0.4) is 0 Å². The van der Waals surface area contributed by atoms with Crippen molar-refractivity contribution in [1.29, 1.82) is 0 Å². The zero-order valence-corrected chi connectivity index (χ0v) is 7.05. The van der Waals surface area contributed by atoms with Gasteiger partial charge in [0.2, 0.25) is 0 Å². The first-order chi connectivity index (χ1) is 4.79. The molecule has 0 N–H and O–H groups in total. The van der Waals surface area contributed by atoms with E-state index in [1.165, 1.54) is 0 Å². The first-order valence-electron chi connectivity index (χ1n) is 4.00. The molecule has 10 heavy (non-hydrogen) atoms. The molecule has 0 aliphatic heterocycles. The quantitative estimate of drug-likeness (QED) is 0.505. The Morgan fingerprint density at radius 3 is 2.40 bits per heavy atom. The smallest absolute Gasteiger partial charge is 0.155 e. The summed E-state index contributed by atoms with van der Waals surface area (Å²) >= 11 is 0. The molecule has 0 spiro atoms. The van der Waals surface area contributed by atoms with Gasteiger partial charge in [-0.05, 0) is 18.4 Å². The molecule has 0 radical (unpaired) electrons. The lowest BCUT2D eigenvalue weighted by atomic mass is 9.97. The molecule has 0 saturated carbocycles. The third kappa shape index (κ3) is 3.44. The number of hydrogen-bond donors (Lipinski definition) is 0. The van der Waals surface area contributed by atoms with Gasteiger partial charge in [-0.3, -0.25) is 4.79 Å². The van der Waals surface area contributed by atoms with Crippen molar-refractivity contribution in [1.82, 2.24) is 0 Å². The Bertz CT molecular complexity index is 125. The summed E-state index contributed by atoms with van der Waals surface area (Å²) in [4.78, 5) is 10.5. The predicted octanol–water partition coefficient (Wildman–Crippen LogP) is 2.57. The molecule has 1 aliphatic rings. The summed E-state index contributed by atoms with van der Waals surface area (Å²) in [5.41, 5.74) is 0. The Labute approximate surface area is 63.1 Å². The first kappa shape index (κ1) is 9.41. The number of carbonyl (C=O) groups is 1. The first-order valence-corrected chi connectivity index (χ1v) is 4.00. The summed E-state index contributed by atoms with van der Waals surface area (Å²) in [6.07, 6.45) is 5.45. The Morgan fingerprint density at radius 2 is 2.10 bits per heavy atom. The highest BCUT2D eigenvalue weighted by molar-refractivity contribution is 5.90. The summed E-state index contributed by atoms with van der Waals surface area (Å²) < 4.78 is 0. The molecule has 0 amide bonds. The van der Waals surface area contributed by atoms with E-state index in [2.05, 4.69) is 6.92 Å². The molecule has 0 fully saturated rings. The average molecular weight is 140 g/mol. The van der Waals surface area contributed by atoms with E-state index in [4.69, 9.17) is 0 Å². The topological polar surface area (TPSA) is 17.1 Å². The van der Waals surface area contributed by atoms with E-state index in [0.29, 0.717) is 5.92 Å². The number of allylic oxidation sites excluding steroid dienone is 2. The van der Waals surface area contributed by atoms with Crippen LogP contribution in [0.1, 0.15) is 33.6 Å². The van der Waals surface area contributed by atoms with E-state index in [-0.39, 0.29) is 5.78 Å². The molecule has 1 rings (SSSR count). The van der Waals surface area contributed by atoms with Crippen LogP contribution < -0.4 is 0 Å². The van der Waals surface area contributed by atoms with Gasteiger partial charge in [0.1, 0.15) is 0 Å². The van der Waals surface area contributed by atoms with Crippen molar-refractivity contribution in [3.05, 3.63) is 12.2 Å². The van der Waals surface area contributed by atoms with Crippen LogP contribution >= 0.6 is 0 Å². The molecular formula is C9H16O. The van der Waals surface area contributed by atoms with Crippen molar-refractivity contribution in [2.75, 3.05) is 0 Å². The average Bonchev–Trinajstić information content (AvgIpc) is 2.00. The van der Waals surface area contributed by atoms with Crippen LogP contribution in [0.15, 0.2) is 12.2 Å². The van der Waals surface area contributed by atoms with Crippen molar-refractivity contribution in [3.63, 3.8) is 0 Å². The fourth-order valence-electron chi connectivity index (χ4n) is 0.821. The van der Waals surface area contributed by atoms with Gasteiger partial charge in [-0.2, -0.15) is 0 Å². The van der Waals surface area contributed by atoms with Gasteiger partial charge in [-0.25, -0.2) is 0 Å². The highest BCUT2D eigenvalue weighted by atomic mass is 16.1. The molecule has 0 saturated heterocycles. The molecule has 1 atom stereocenters. The monoisotopic (exact) mass is 140 g/mol. The molecule has 58 valence electrons. The van der Waals surface area contributed by atoms with Crippen LogP contribution in [0.5, 0.6) is 0 Å². The fourth-order valence-corrected chi connectivity index (χ4v) is 0.821. The van der Waals surface area contributed by atoms with Gasteiger partial charge in [0.05, 0.1) is 0 Å². The molecule has 1 heteroatoms. The van der Waals surface area contributed by atoms with E-state index in [0.717, 1.165) is 12.8 Å². The van der Waals surface area contributed by atoms with Crippen molar-refractivity contribution >= 4 is 5.78 Å². The van der Waals surface area contributed by atoms with Gasteiger partial charge in [0, 0.05) is 6.42 Å². The molecule has 0 aromatic carbocycles. The molecule has 0 heterocycles. The number of ketones is 1. The van der Waals surface area contributed by atoms with Crippen LogP contribution in [-0.2, 0) is 4.79 Å².